The van der Waals surface area contributed by atoms with Crippen molar-refractivity contribution in [3.05, 3.63) is 29.3 Å². The molecule has 112 valence electrons. The zero-order valence-electron chi connectivity index (χ0n) is 12.6. The van der Waals surface area contributed by atoms with Crippen molar-refractivity contribution in [1.29, 1.82) is 0 Å². The summed E-state index contributed by atoms with van der Waals surface area (Å²) >= 11 is 0. The second-order valence-electron chi connectivity index (χ2n) is 5.45. The van der Waals surface area contributed by atoms with Crippen LogP contribution in [0.25, 0.3) is 0 Å². The summed E-state index contributed by atoms with van der Waals surface area (Å²) in [5.41, 5.74) is 3.47. The summed E-state index contributed by atoms with van der Waals surface area (Å²) in [5, 5.41) is 3.31. The van der Waals surface area contributed by atoms with Crippen LogP contribution in [-0.4, -0.2) is 25.5 Å². The lowest BCUT2D eigenvalue weighted by atomic mass is 9.96. The predicted molar refractivity (Wildman–Crippen MR) is 86.8 cm³/mol. The molecule has 20 heavy (non-hydrogen) atoms. The van der Waals surface area contributed by atoms with Crippen LogP contribution in [0.4, 0.5) is 5.69 Å². The molecule has 1 aromatic carbocycles. The van der Waals surface area contributed by atoms with Gasteiger partial charge in [0.05, 0.1) is 0 Å². The number of carbonyl (C=O) groups excluding carboxylic acids is 1. The van der Waals surface area contributed by atoms with Gasteiger partial charge in [0.2, 0.25) is 5.91 Å². The Morgan fingerprint density at radius 3 is 2.25 bits per heavy atom. The molecule has 2 rings (SSSR count). The maximum atomic E-state index is 12.7. The number of nitrogens with one attached hydrogen (secondary N) is 1. The minimum atomic E-state index is 0. The number of benzene rings is 1. The highest BCUT2D eigenvalue weighted by molar-refractivity contribution is 5.95. The third-order valence-electron chi connectivity index (χ3n) is 3.79. The number of hydrogen-bond donors (Lipinski definition) is 1. The van der Waals surface area contributed by atoms with Crippen LogP contribution in [0.2, 0.25) is 0 Å². The lowest BCUT2D eigenvalue weighted by Gasteiger charge is -2.29. The molecule has 1 saturated heterocycles. The van der Waals surface area contributed by atoms with E-state index in [0.717, 1.165) is 38.2 Å². The van der Waals surface area contributed by atoms with E-state index in [1.54, 1.807) is 0 Å². The molecular formula is C16H25ClN2O. The molecule has 1 aliphatic heterocycles. The topological polar surface area (TPSA) is 32.3 Å². The highest BCUT2D eigenvalue weighted by Crippen LogP contribution is 2.23. The summed E-state index contributed by atoms with van der Waals surface area (Å²) in [7, 11) is 0. The summed E-state index contributed by atoms with van der Waals surface area (Å²) in [4.78, 5) is 14.6. The minimum absolute atomic E-state index is 0. The molecule has 1 N–H and O–H groups in total. The molecule has 1 heterocycles. The first-order valence-electron chi connectivity index (χ1n) is 7.22. The third kappa shape index (κ3) is 3.97. The van der Waals surface area contributed by atoms with Gasteiger partial charge in [-0.05, 0) is 70.0 Å². The lowest BCUT2D eigenvalue weighted by molar-refractivity contribution is -0.123. The van der Waals surface area contributed by atoms with Crippen molar-refractivity contribution in [2.45, 2.75) is 33.6 Å². The monoisotopic (exact) mass is 296 g/mol. The Bertz CT molecular complexity index is 436. The van der Waals surface area contributed by atoms with Gasteiger partial charge >= 0.3 is 0 Å². The van der Waals surface area contributed by atoms with E-state index in [1.165, 1.54) is 11.1 Å². The zero-order valence-corrected chi connectivity index (χ0v) is 13.4. The molecule has 0 aromatic heterocycles. The van der Waals surface area contributed by atoms with Crippen molar-refractivity contribution in [2.24, 2.45) is 5.92 Å². The fraction of sp³-hybridized carbons (Fsp3) is 0.562. The van der Waals surface area contributed by atoms with E-state index < -0.39 is 0 Å². The highest BCUT2D eigenvalue weighted by atomic mass is 35.5. The molecule has 0 spiro atoms. The van der Waals surface area contributed by atoms with Crippen molar-refractivity contribution in [1.82, 2.24) is 5.32 Å². The van der Waals surface area contributed by atoms with Crippen molar-refractivity contribution in [2.75, 3.05) is 24.5 Å². The fourth-order valence-electron chi connectivity index (χ4n) is 2.86. The summed E-state index contributed by atoms with van der Waals surface area (Å²) in [5.74, 6) is 0.469. The quantitative estimate of drug-likeness (QED) is 0.930. The second kappa shape index (κ2) is 7.65. The maximum absolute atomic E-state index is 12.7. The van der Waals surface area contributed by atoms with Crippen LogP contribution in [0.1, 0.15) is 30.9 Å². The molecule has 0 radical (unpaired) electrons. The molecule has 0 saturated carbocycles. The standard InChI is InChI=1S/C16H24N2O.ClH/c1-4-18(15-10-12(2)9-13(3)11-15)16(19)14-5-7-17-8-6-14;/h9-11,14,17H,4-8H2,1-3H3;1H. The number of rotatable bonds is 3. The van der Waals surface area contributed by atoms with Crippen LogP contribution >= 0.6 is 12.4 Å². The van der Waals surface area contributed by atoms with E-state index in [1.807, 2.05) is 4.90 Å². The molecule has 0 unspecified atom stereocenters. The Morgan fingerprint density at radius 2 is 1.75 bits per heavy atom. The molecular weight excluding hydrogens is 272 g/mol. The molecule has 1 amide bonds. The van der Waals surface area contributed by atoms with Crippen molar-refractivity contribution < 1.29 is 4.79 Å². The van der Waals surface area contributed by atoms with Gasteiger partial charge in [-0.3, -0.25) is 4.79 Å². The Hall–Kier alpha value is -1.06. The van der Waals surface area contributed by atoms with Crippen LogP contribution in [-0.2, 0) is 4.79 Å². The first-order chi connectivity index (χ1) is 9.11. The Kier molecular flexibility index (Phi) is 6.50. The molecule has 3 nitrogen and oxygen atoms in total. The van der Waals surface area contributed by atoms with Gasteiger partial charge in [-0.15, -0.1) is 12.4 Å². The number of carbonyl (C=O) groups is 1. The number of hydrogen-bond acceptors (Lipinski definition) is 2. The van der Waals surface area contributed by atoms with E-state index in [0.29, 0.717) is 0 Å². The maximum Gasteiger partial charge on any atom is 0.230 e. The van der Waals surface area contributed by atoms with Crippen LogP contribution in [0.5, 0.6) is 0 Å². The van der Waals surface area contributed by atoms with Crippen LogP contribution < -0.4 is 10.2 Å². The second-order valence-corrected chi connectivity index (χ2v) is 5.45. The number of aryl methyl sites for hydroxylation is 2. The number of nitrogens with zero attached hydrogens (tertiary/aromatic N) is 1. The zero-order chi connectivity index (χ0) is 13.8. The van der Waals surface area contributed by atoms with E-state index in [9.17, 15) is 4.79 Å². The van der Waals surface area contributed by atoms with Gasteiger partial charge in [-0.1, -0.05) is 6.07 Å². The van der Waals surface area contributed by atoms with Crippen LogP contribution in [0, 0.1) is 19.8 Å². The first kappa shape index (κ1) is 17.0. The average Bonchev–Trinajstić information content (AvgIpc) is 2.39. The lowest BCUT2D eigenvalue weighted by Crippen LogP contribution is -2.41. The number of anilines is 1. The summed E-state index contributed by atoms with van der Waals surface area (Å²) in [6.45, 7) is 8.88. The van der Waals surface area contributed by atoms with E-state index in [2.05, 4.69) is 44.3 Å². The molecule has 0 bridgehead atoms. The average molecular weight is 297 g/mol. The number of amides is 1. The van der Waals surface area contributed by atoms with Gasteiger partial charge < -0.3 is 10.2 Å². The summed E-state index contributed by atoms with van der Waals surface area (Å²) in [6, 6.07) is 6.36. The van der Waals surface area contributed by atoms with Crippen molar-refractivity contribution in [3.8, 4) is 0 Å². The Labute approximate surface area is 128 Å². The number of piperidine rings is 1. The van der Waals surface area contributed by atoms with Gasteiger partial charge in [0.25, 0.3) is 0 Å². The normalized spacial score (nSPS) is 15.6. The largest absolute Gasteiger partial charge is 0.317 e. The molecule has 1 aliphatic rings. The van der Waals surface area contributed by atoms with Gasteiger partial charge in [0.1, 0.15) is 0 Å². The molecule has 0 aliphatic carbocycles. The van der Waals surface area contributed by atoms with Gasteiger partial charge in [0, 0.05) is 18.2 Å². The fourth-order valence-corrected chi connectivity index (χ4v) is 2.86. The molecule has 1 fully saturated rings. The van der Waals surface area contributed by atoms with Gasteiger partial charge in [-0.25, -0.2) is 0 Å². The van der Waals surface area contributed by atoms with E-state index in [-0.39, 0.29) is 24.2 Å². The molecule has 1 aromatic rings. The summed E-state index contributed by atoms with van der Waals surface area (Å²) in [6.07, 6.45) is 1.92. The van der Waals surface area contributed by atoms with Gasteiger partial charge in [-0.2, -0.15) is 0 Å². The van der Waals surface area contributed by atoms with Crippen LogP contribution in [0.3, 0.4) is 0 Å². The van der Waals surface area contributed by atoms with Crippen LogP contribution in [0.15, 0.2) is 18.2 Å². The minimum Gasteiger partial charge on any atom is -0.317 e. The highest BCUT2D eigenvalue weighted by Gasteiger charge is 2.26. The number of halogens is 1. The Morgan fingerprint density at radius 1 is 1.20 bits per heavy atom. The van der Waals surface area contributed by atoms with Crippen molar-refractivity contribution in [3.63, 3.8) is 0 Å². The molecule has 0 atom stereocenters. The predicted octanol–water partition coefficient (Wildman–Crippen LogP) is 3.08. The van der Waals surface area contributed by atoms with Crippen molar-refractivity contribution >= 4 is 24.0 Å². The SMILES string of the molecule is CCN(C(=O)C1CCNCC1)c1cc(C)cc(C)c1.Cl. The molecule has 4 heteroatoms. The van der Waals surface area contributed by atoms with E-state index in [4.69, 9.17) is 0 Å². The first-order valence-corrected chi connectivity index (χ1v) is 7.22. The van der Waals surface area contributed by atoms with E-state index >= 15 is 0 Å². The smallest absolute Gasteiger partial charge is 0.230 e. The third-order valence-corrected chi connectivity index (χ3v) is 3.79. The summed E-state index contributed by atoms with van der Waals surface area (Å²) < 4.78 is 0. The Balaban J connectivity index is 0.00000200. The van der Waals surface area contributed by atoms with Gasteiger partial charge in [0.15, 0.2) is 0 Å².